The molecule has 4 unspecified atom stereocenters. The van der Waals surface area contributed by atoms with Crippen molar-refractivity contribution in [1.29, 1.82) is 0 Å². The van der Waals surface area contributed by atoms with Crippen LogP contribution in [0, 0.1) is 0 Å². The minimum absolute atomic E-state index is 0.0465. The first-order chi connectivity index (χ1) is 30.7. The van der Waals surface area contributed by atoms with Gasteiger partial charge in [-0.2, -0.15) is 0 Å². The standard InChI is InChI=1S/C50H70N2O12/c1-7-11-45(53)59-39-21-15-33(43(29-39)63-47(55)13-9-3)31-51(5)35-17-18-36(51)26-41(25-35)61-49(57)23-24-50(58)62-42-27-37-19-20-38(28-42)52(37,6)32-34-16-22-40(60-46(54)12-8-2)30-44(34)64-48(56)14-10-4/h15-16,21-22,29-30,35-38,41-42H,7-14,17-20,23-28,31-32H2,1-6H3/q+2/t35-,36+,37-,38+,41?,42?,51?,52?. The summed E-state index contributed by atoms with van der Waals surface area (Å²) in [6.07, 6.45) is 9.93. The van der Waals surface area contributed by atoms with E-state index in [1.165, 1.54) is 0 Å². The minimum Gasteiger partial charge on any atom is -0.462 e. The van der Waals surface area contributed by atoms with Crippen molar-refractivity contribution < 1.29 is 66.2 Å². The molecule has 4 saturated heterocycles. The number of nitrogens with zero attached hydrogens (tertiary/aromatic N) is 2. The van der Waals surface area contributed by atoms with Crippen molar-refractivity contribution in [1.82, 2.24) is 0 Å². The number of hydrogen-bond acceptors (Lipinski definition) is 12. The van der Waals surface area contributed by atoms with E-state index in [9.17, 15) is 28.8 Å². The molecule has 350 valence electrons. The zero-order chi connectivity index (χ0) is 46.0. The van der Waals surface area contributed by atoms with Crippen molar-refractivity contribution in [3.8, 4) is 23.0 Å². The predicted octanol–water partition coefficient (Wildman–Crippen LogP) is 8.36. The number of rotatable bonds is 21. The Kier molecular flexibility index (Phi) is 16.6. The number of fused-ring (bicyclic) bond motifs is 4. The zero-order valence-corrected chi connectivity index (χ0v) is 38.9. The summed E-state index contributed by atoms with van der Waals surface area (Å²) in [6.45, 7) is 8.88. The number of carbonyl (C=O) groups excluding carboxylic acids is 6. The van der Waals surface area contributed by atoms with Crippen LogP contribution < -0.4 is 18.9 Å². The van der Waals surface area contributed by atoms with Gasteiger partial charge in [-0.1, -0.05) is 27.7 Å². The fraction of sp³-hybridized carbons (Fsp3) is 0.640. The van der Waals surface area contributed by atoms with Crippen LogP contribution in [0.15, 0.2) is 36.4 Å². The molecule has 4 aliphatic rings. The highest BCUT2D eigenvalue weighted by molar-refractivity contribution is 5.78. The molecule has 0 amide bonds. The third-order valence-electron chi connectivity index (χ3n) is 14.1. The predicted molar refractivity (Wildman–Crippen MR) is 236 cm³/mol. The van der Waals surface area contributed by atoms with Gasteiger partial charge in [-0.05, 0) is 49.9 Å². The zero-order valence-electron chi connectivity index (χ0n) is 38.9. The average Bonchev–Trinajstić information content (AvgIpc) is 3.45. The monoisotopic (exact) mass is 890 g/mol. The molecule has 0 saturated carbocycles. The largest absolute Gasteiger partial charge is 0.462 e. The molecular formula is C50H70N2O12+2. The highest BCUT2D eigenvalue weighted by atomic mass is 16.6. The minimum atomic E-state index is -0.398. The molecule has 4 heterocycles. The first kappa shape index (κ1) is 48.6. The van der Waals surface area contributed by atoms with Gasteiger partial charge < -0.3 is 37.4 Å². The number of ether oxygens (including phenoxy) is 6. The molecule has 4 fully saturated rings. The highest BCUT2D eigenvalue weighted by Gasteiger charge is 2.54. The Morgan fingerprint density at radius 2 is 0.766 bits per heavy atom. The van der Waals surface area contributed by atoms with Crippen LogP contribution in [0.25, 0.3) is 0 Å². The number of esters is 6. The number of carbonyl (C=O) groups is 6. The maximum absolute atomic E-state index is 13.2. The van der Waals surface area contributed by atoms with Crippen LogP contribution in [0.3, 0.4) is 0 Å². The van der Waals surface area contributed by atoms with E-state index in [-0.39, 0.29) is 85.9 Å². The Bertz CT molecular complexity index is 1850. The van der Waals surface area contributed by atoms with Crippen LogP contribution in [-0.4, -0.2) is 95.3 Å². The summed E-state index contributed by atoms with van der Waals surface area (Å²) in [5.74, 6) is -0.619. The van der Waals surface area contributed by atoms with Crippen LogP contribution in [0.4, 0.5) is 0 Å². The molecule has 0 spiro atoms. The SMILES string of the molecule is CCCC(=O)Oc1ccc(C[N+]2(C)[C@@H]3CC[C@H]2CC(OC(=O)CCC(=O)OC2C[C@H]4CC[C@@H](C2)[N+]4(C)Cc2ccc(OC(=O)CCC)cc2OC(=O)CCC)C3)c(OC(=O)CCC)c1. The molecule has 2 aromatic carbocycles. The van der Waals surface area contributed by atoms with E-state index < -0.39 is 11.9 Å². The summed E-state index contributed by atoms with van der Waals surface area (Å²) in [7, 11) is 4.44. The van der Waals surface area contributed by atoms with E-state index in [4.69, 9.17) is 28.4 Å². The fourth-order valence-electron chi connectivity index (χ4n) is 10.7. The van der Waals surface area contributed by atoms with Crippen molar-refractivity contribution >= 4 is 35.8 Å². The van der Waals surface area contributed by atoms with Crippen LogP contribution >= 0.6 is 0 Å². The van der Waals surface area contributed by atoms with Crippen LogP contribution in [0.1, 0.15) is 154 Å². The van der Waals surface area contributed by atoms with E-state index in [0.717, 1.165) is 45.8 Å². The van der Waals surface area contributed by atoms with Gasteiger partial charge in [0.05, 0.1) is 51.1 Å². The highest BCUT2D eigenvalue weighted by Crippen LogP contribution is 2.46. The normalized spacial score (nSPS) is 26.7. The first-order valence-corrected chi connectivity index (χ1v) is 23.8. The molecular weight excluding hydrogens is 821 g/mol. The van der Waals surface area contributed by atoms with Crippen LogP contribution in [0.2, 0.25) is 0 Å². The van der Waals surface area contributed by atoms with Gasteiger partial charge >= 0.3 is 35.8 Å². The van der Waals surface area contributed by atoms with Gasteiger partial charge in [0.25, 0.3) is 0 Å². The molecule has 2 aromatic rings. The van der Waals surface area contributed by atoms with E-state index in [1.807, 2.05) is 39.8 Å². The first-order valence-electron chi connectivity index (χ1n) is 23.8. The van der Waals surface area contributed by atoms with Crippen molar-refractivity contribution in [3.05, 3.63) is 47.5 Å². The van der Waals surface area contributed by atoms with Crippen LogP contribution in [-0.2, 0) is 51.3 Å². The second kappa shape index (κ2) is 21.9. The van der Waals surface area contributed by atoms with Gasteiger partial charge in [-0.25, -0.2) is 0 Å². The second-order valence-electron chi connectivity index (χ2n) is 18.9. The molecule has 0 radical (unpaired) electrons. The lowest BCUT2D eigenvalue weighted by Crippen LogP contribution is -2.58. The van der Waals surface area contributed by atoms with Crippen molar-refractivity contribution in [2.24, 2.45) is 0 Å². The quantitative estimate of drug-likeness (QED) is 0.0671. The number of piperidine rings is 2. The lowest BCUT2D eigenvalue weighted by molar-refractivity contribution is -0.961. The topological polar surface area (TPSA) is 158 Å². The molecule has 0 N–H and O–H groups in total. The van der Waals surface area contributed by atoms with Gasteiger partial charge in [0.15, 0.2) is 0 Å². The number of quaternary nitrogens is 2. The molecule has 6 rings (SSSR count). The van der Waals surface area contributed by atoms with Crippen LogP contribution in [0.5, 0.6) is 23.0 Å². The summed E-state index contributed by atoms with van der Waals surface area (Å²) in [6, 6.07) is 11.5. The lowest BCUT2D eigenvalue weighted by Gasteiger charge is -2.47. The number of benzene rings is 2. The lowest BCUT2D eigenvalue weighted by atomic mass is 9.95. The third-order valence-corrected chi connectivity index (χ3v) is 14.1. The van der Waals surface area contributed by atoms with Gasteiger partial charge in [0.2, 0.25) is 0 Å². The summed E-state index contributed by atoms with van der Waals surface area (Å²) in [4.78, 5) is 76.0. The summed E-state index contributed by atoms with van der Waals surface area (Å²) in [5, 5.41) is 0. The van der Waals surface area contributed by atoms with Gasteiger partial charge in [0.1, 0.15) is 48.3 Å². The molecule has 64 heavy (non-hydrogen) atoms. The molecule has 4 bridgehead atoms. The Labute approximate surface area is 378 Å². The maximum atomic E-state index is 13.2. The summed E-state index contributed by atoms with van der Waals surface area (Å²) in [5.41, 5.74) is 1.72. The maximum Gasteiger partial charge on any atom is 0.311 e. The Balaban J connectivity index is 0.994. The smallest absolute Gasteiger partial charge is 0.311 e. The van der Waals surface area contributed by atoms with E-state index in [2.05, 4.69) is 14.1 Å². The van der Waals surface area contributed by atoms with E-state index in [0.29, 0.717) is 100 Å². The molecule has 14 heteroatoms. The Hall–Kier alpha value is -4.82. The van der Waals surface area contributed by atoms with Gasteiger partial charge in [-0.3, -0.25) is 28.8 Å². The molecule has 0 aromatic heterocycles. The van der Waals surface area contributed by atoms with E-state index >= 15 is 0 Å². The number of hydrogen-bond donors (Lipinski definition) is 0. The van der Waals surface area contributed by atoms with Gasteiger partial charge in [-0.15, -0.1) is 0 Å². The van der Waals surface area contributed by atoms with Crippen molar-refractivity contribution in [3.63, 3.8) is 0 Å². The second-order valence-corrected chi connectivity index (χ2v) is 18.9. The van der Waals surface area contributed by atoms with Crippen molar-refractivity contribution in [2.45, 2.75) is 193 Å². The molecule has 14 nitrogen and oxygen atoms in total. The average molecular weight is 891 g/mol. The molecule has 4 aliphatic heterocycles. The van der Waals surface area contributed by atoms with E-state index in [1.54, 1.807) is 24.3 Å². The summed E-state index contributed by atoms with van der Waals surface area (Å²) >= 11 is 0. The molecule has 8 atom stereocenters. The Morgan fingerprint density at radius 3 is 1.08 bits per heavy atom. The Morgan fingerprint density at radius 1 is 0.453 bits per heavy atom. The van der Waals surface area contributed by atoms with Crippen molar-refractivity contribution in [2.75, 3.05) is 14.1 Å². The molecule has 0 aliphatic carbocycles. The summed E-state index contributed by atoms with van der Waals surface area (Å²) < 4.78 is 36.2. The third kappa shape index (κ3) is 12.1. The van der Waals surface area contributed by atoms with Gasteiger partial charge in [0, 0.05) is 100 Å². The fourth-order valence-corrected chi connectivity index (χ4v) is 10.7.